The van der Waals surface area contributed by atoms with Gasteiger partial charge in [0.2, 0.25) is 0 Å². The first-order chi connectivity index (χ1) is 15.3. The number of rotatable bonds is 6. The molecule has 180 valence electrons. The average Bonchev–Trinajstić information content (AvgIpc) is 2.71. The lowest BCUT2D eigenvalue weighted by Crippen LogP contribution is -2.39. The van der Waals surface area contributed by atoms with Gasteiger partial charge in [-0.3, -0.25) is 4.98 Å². The van der Waals surface area contributed by atoms with Crippen LogP contribution in [0.1, 0.15) is 76.1 Å². The molecule has 2 N–H and O–H groups in total. The molecule has 1 atom stereocenters. The number of anilines is 1. The number of nitrogens with zero attached hydrogens (tertiary/aromatic N) is 2. The first kappa shape index (κ1) is 25.2. The van der Waals surface area contributed by atoms with Crippen molar-refractivity contribution in [1.29, 1.82) is 0 Å². The molecule has 2 heterocycles. The van der Waals surface area contributed by atoms with E-state index in [0.29, 0.717) is 11.3 Å². The lowest BCUT2D eigenvalue weighted by Gasteiger charge is -2.41. The Morgan fingerprint density at radius 3 is 2.18 bits per heavy atom. The van der Waals surface area contributed by atoms with Crippen LogP contribution in [0.25, 0.3) is 11.1 Å². The van der Waals surface area contributed by atoms with Gasteiger partial charge in [-0.1, -0.05) is 38.1 Å². The van der Waals surface area contributed by atoms with Crippen LogP contribution in [0.4, 0.5) is 5.69 Å². The minimum atomic E-state index is -1.13. The van der Waals surface area contributed by atoms with E-state index in [4.69, 9.17) is 9.72 Å². The van der Waals surface area contributed by atoms with Crippen molar-refractivity contribution < 1.29 is 19.7 Å². The summed E-state index contributed by atoms with van der Waals surface area (Å²) in [6, 6.07) is 7.76. The van der Waals surface area contributed by atoms with Crippen molar-refractivity contribution in [3.63, 3.8) is 0 Å². The number of piperidine rings is 1. The maximum Gasteiger partial charge on any atom is 0.337 e. The van der Waals surface area contributed by atoms with Gasteiger partial charge in [0.1, 0.15) is 0 Å². The van der Waals surface area contributed by atoms with Crippen molar-refractivity contribution >= 4 is 11.7 Å². The maximum atomic E-state index is 12.5. The summed E-state index contributed by atoms with van der Waals surface area (Å²) in [7, 11) is 0. The third-order valence-electron chi connectivity index (χ3n) is 6.40. The zero-order valence-electron chi connectivity index (χ0n) is 21.0. The number of aryl methyl sites for hydroxylation is 2. The molecule has 1 aliphatic rings. The smallest absolute Gasteiger partial charge is 0.337 e. The van der Waals surface area contributed by atoms with E-state index in [-0.39, 0.29) is 12.0 Å². The van der Waals surface area contributed by atoms with Crippen LogP contribution >= 0.6 is 0 Å². The summed E-state index contributed by atoms with van der Waals surface area (Å²) in [5, 5.41) is 19.7. The Labute approximate surface area is 197 Å². The van der Waals surface area contributed by atoms with Crippen LogP contribution in [0, 0.1) is 19.3 Å². The van der Waals surface area contributed by atoms with Gasteiger partial charge in [-0.25, -0.2) is 4.79 Å². The van der Waals surface area contributed by atoms with Crippen LogP contribution in [0.2, 0.25) is 0 Å². The molecule has 1 aromatic heterocycles. The molecule has 1 fully saturated rings. The summed E-state index contributed by atoms with van der Waals surface area (Å²) in [5.41, 5.74) is 5.41. The molecule has 3 rings (SSSR count). The number of hydrogen-bond acceptors (Lipinski definition) is 5. The molecule has 6 heteroatoms. The molecule has 0 bridgehead atoms. The van der Waals surface area contributed by atoms with E-state index in [1.165, 1.54) is 0 Å². The Morgan fingerprint density at radius 2 is 1.70 bits per heavy atom. The Hall–Kier alpha value is -2.44. The van der Waals surface area contributed by atoms with Crippen LogP contribution in [-0.2, 0) is 16.1 Å². The fraction of sp³-hybridized carbons (Fsp3) is 0.556. The van der Waals surface area contributed by atoms with Gasteiger partial charge in [-0.05, 0) is 64.0 Å². The third kappa shape index (κ3) is 5.74. The summed E-state index contributed by atoms with van der Waals surface area (Å²) < 4.78 is 6.11. The number of aliphatic carboxylic acids is 1. The lowest BCUT2D eigenvalue weighted by atomic mass is 9.81. The standard InChI is InChI=1S/C27H38N2O4/c1-17-21(20-10-8-19(16-30)9-11-20)23(29-14-12-27(6,7)13-15-29)22(18(2)28-17)24(25(31)32)33-26(3,4)5/h8-11,24,30H,12-16H2,1-7H3,(H,31,32). The largest absolute Gasteiger partial charge is 0.479 e. The van der Waals surface area contributed by atoms with Gasteiger partial charge in [0, 0.05) is 35.6 Å². The highest BCUT2D eigenvalue weighted by Gasteiger charge is 2.36. The maximum absolute atomic E-state index is 12.5. The fourth-order valence-corrected chi connectivity index (χ4v) is 4.53. The van der Waals surface area contributed by atoms with Crippen LogP contribution in [-0.4, -0.2) is 39.9 Å². The van der Waals surface area contributed by atoms with E-state index in [0.717, 1.165) is 54.0 Å². The van der Waals surface area contributed by atoms with Crippen LogP contribution in [0.15, 0.2) is 24.3 Å². The predicted molar refractivity (Wildman–Crippen MR) is 132 cm³/mol. The number of hydrogen-bond donors (Lipinski definition) is 2. The van der Waals surface area contributed by atoms with Gasteiger partial charge in [0.25, 0.3) is 0 Å². The summed E-state index contributed by atoms with van der Waals surface area (Å²) in [6.07, 6.45) is 0.916. The van der Waals surface area contributed by atoms with Gasteiger partial charge in [-0.15, -0.1) is 0 Å². The van der Waals surface area contributed by atoms with Gasteiger partial charge < -0.3 is 19.8 Å². The van der Waals surface area contributed by atoms with Crippen molar-refractivity contribution in [3.05, 3.63) is 46.8 Å². The van der Waals surface area contributed by atoms with E-state index in [2.05, 4.69) is 18.7 Å². The minimum Gasteiger partial charge on any atom is -0.479 e. The van der Waals surface area contributed by atoms with Crippen molar-refractivity contribution in [2.75, 3.05) is 18.0 Å². The number of carbonyl (C=O) groups is 1. The minimum absolute atomic E-state index is 0.0226. The second-order valence-electron chi connectivity index (χ2n) is 10.9. The van der Waals surface area contributed by atoms with Crippen molar-refractivity contribution in [2.45, 2.75) is 79.6 Å². The average molecular weight is 455 g/mol. The summed E-state index contributed by atoms with van der Waals surface area (Å²) in [5.74, 6) is -1.01. The number of pyridine rings is 1. The van der Waals surface area contributed by atoms with Crippen LogP contribution < -0.4 is 4.90 Å². The number of carboxylic acid groups (broad SMARTS) is 1. The molecule has 1 aromatic carbocycles. The molecule has 2 aromatic rings. The van der Waals surface area contributed by atoms with Crippen LogP contribution in [0.5, 0.6) is 0 Å². The molecule has 6 nitrogen and oxygen atoms in total. The molecule has 0 radical (unpaired) electrons. The molecular weight excluding hydrogens is 416 g/mol. The van der Waals surface area contributed by atoms with E-state index in [1.807, 2.05) is 58.9 Å². The zero-order valence-corrected chi connectivity index (χ0v) is 21.0. The number of aliphatic hydroxyl groups is 1. The Balaban J connectivity index is 2.28. The number of benzene rings is 1. The highest BCUT2D eigenvalue weighted by molar-refractivity contribution is 5.88. The van der Waals surface area contributed by atoms with Gasteiger partial charge >= 0.3 is 5.97 Å². The van der Waals surface area contributed by atoms with E-state index in [1.54, 1.807) is 0 Å². The fourth-order valence-electron chi connectivity index (χ4n) is 4.53. The highest BCUT2D eigenvalue weighted by Crippen LogP contribution is 2.44. The molecule has 0 amide bonds. The quantitative estimate of drug-likeness (QED) is 0.606. The molecular formula is C27H38N2O4. The molecule has 1 saturated heterocycles. The van der Waals surface area contributed by atoms with Crippen molar-refractivity contribution in [3.8, 4) is 11.1 Å². The highest BCUT2D eigenvalue weighted by atomic mass is 16.5. The molecule has 0 saturated carbocycles. The van der Waals surface area contributed by atoms with Gasteiger partial charge in [-0.2, -0.15) is 0 Å². The SMILES string of the molecule is Cc1nc(C)c(C(OC(C)(C)C)C(=O)O)c(N2CCC(C)(C)CC2)c1-c1ccc(CO)cc1. The Bertz CT molecular complexity index is 996. The van der Waals surface area contributed by atoms with E-state index >= 15 is 0 Å². The van der Waals surface area contributed by atoms with Gasteiger partial charge in [0.05, 0.1) is 17.9 Å². The molecule has 0 aliphatic carbocycles. The summed E-state index contributed by atoms with van der Waals surface area (Å²) >= 11 is 0. The lowest BCUT2D eigenvalue weighted by molar-refractivity contribution is -0.160. The molecule has 1 unspecified atom stereocenters. The van der Waals surface area contributed by atoms with Crippen molar-refractivity contribution in [2.24, 2.45) is 5.41 Å². The molecule has 1 aliphatic heterocycles. The van der Waals surface area contributed by atoms with Gasteiger partial charge in [0.15, 0.2) is 6.10 Å². The Kier molecular flexibility index (Phi) is 7.20. The summed E-state index contributed by atoms with van der Waals surface area (Å²) in [4.78, 5) is 19.6. The van der Waals surface area contributed by atoms with E-state index < -0.39 is 17.7 Å². The monoisotopic (exact) mass is 454 g/mol. The molecule has 0 spiro atoms. The van der Waals surface area contributed by atoms with E-state index in [9.17, 15) is 15.0 Å². The first-order valence-electron chi connectivity index (χ1n) is 11.7. The van der Waals surface area contributed by atoms with Crippen molar-refractivity contribution in [1.82, 2.24) is 4.98 Å². The summed E-state index contributed by atoms with van der Waals surface area (Å²) in [6.45, 7) is 15.7. The number of ether oxygens (including phenoxy) is 1. The number of carboxylic acids is 1. The molecule has 33 heavy (non-hydrogen) atoms. The zero-order chi connectivity index (χ0) is 24.6. The normalized spacial score (nSPS) is 17.2. The number of aliphatic hydroxyl groups excluding tert-OH is 1. The second-order valence-corrected chi connectivity index (χ2v) is 10.9. The third-order valence-corrected chi connectivity index (χ3v) is 6.40. The second kappa shape index (κ2) is 9.43. The number of aromatic nitrogens is 1. The predicted octanol–water partition coefficient (Wildman–Crippen LogP) is 5.42. The first-order valence-corrected chi connectivity index (χ1v) is 11.7. The Morgan fingerprint density at radius 1 is 1.12 bits per heavy atom. The van der Waals surface area contributed by atoms with Crippen LogP contribution in [0.3, 0.4) is 0 Å². The topological polar surface area (TPSA) is 82.9 Å².